The summed E-state index contributed by atoms with van der Waals surface area (Å²) < 4.78 is 30.0. The Morgan fingerprint density at radius 1 is 1.28 bits per heavy atom. The fourth-order valence-corrected chi connectivity index (χ4v) is 1.78. The summed E-state index contributed by atoms with van der Waals surface area (Å²) in [5, 5.41) is 2.46. The number of carbonyl (C=O) groups excluding carboxylic acids is 1. The fraction of sp³-hybridized carbons (Fsp3) is 0.545. The second-order valence-electron chi connectivity index (χ2n) is 4.33. The largest absolute Gasteiger partial charge is 0.438 e. The molecule has 0 spiro atoms. The molecule has 0 saturated heterocycles. The summed E-state index contributed by atoms with van der Waals surface area (Å²) >= 11 is 0. The van der Waals surface area contributed by atoms with Crippen molar-refractivity contribution in [2.75, 3.05) is 7.05 Å². The van der Waals surface area contributed by atoms with Gasteiger partial charge in [-0.05, 0) is 32.0 Å². The van der Waals surface area contributed by atoms with E-state index in [1.54, 1.807) is 0 Å². The zero-order valence-electron chi connectivity index (χ0n) is 10.9. The lowest BCUT2D eigenvalue weighted by molar-refractivity contribution is 0.0897. The molecule has 1 amide bonds. The second-order valence-corrected chi connectivity index (χ2v) is 6.15. The first-order chi connectivity index (χ1) is 8.27. The number of amides is 1. The summed E-state index contributed by atoms with van der Waals surface area (Å²) in [5.74, 6) is -0.158. The molecule has 0 saturated carbocycles. The van der Waals surface area contributed by atoms with Crippen LogP contribution in [0.15, 0.2) is 21.6 Å². The van der Waals surface area contributed by atoms with E-state index < -0.39 is 15.9 Å². The molecular weight excluding hydrogens is 256 g/mol. The molecule has 1 rings (SSSR count). The standard InChI is InChI=1S/C11H18N2O4S/c1-7(2)8(3)13-11(14)9-5-6-10(17-9)18(15,16)12-4/h5-8,12H,1-4H3,(H,13,14). The van der Waals surface area contributed by atoms with Crippen molar-refractivity contribution in [2.24, 2.45) is 5.92 Å². The third kappa shape index (κ3) is 3.33. The van der Waals surface area contributed by atoms with E-state index in [1.807, 2.05) is 20.8 Å². The van der Waals surface area contributed by atoms with E-state index in [1.165, 1.54) is 19.2 Å². The smallest absolute Gasteiger partial charge is 0.287 e. The molecule has 0 aliphatic heterocycles. The summed E-state index contributed by atoms with van der Waals surface area (Å²) in [6, 6.07) is 2.57. The Bertz CT molecular complexity index is 519. The monoisotopic (exact) mass is 274 g/mol. The van der Waals surface area contributed by atoms with Crippen molar-refractivity contribution in [1.82, 2.24) is 10.0 Å². The number of hydrogen-bond donors (Lipinski definition) is 2. The first kappa shape index (κ1) is 14.7. The van der Waals surface area contributed by atoms with Crippen molar-refractivity contribution in [2.45, 2.75) is 31.9 Å². The van der Waals surface area contributed by atoms with Crippen LogP contribution >= 0.6 is 0 Å². The predicted molar refractivity (Wildman–Crippen MR) is 66.7 cm³/mol. The van der Waals surface area contributed by atoms with E-state index in [2.05, 4.69) is 10.0 Å². The maximum absolute atomic E-state index is 11.8. The van der Waals surface area contributed by atoms with E-state index >= 15 is 0 Å². The van der Waals surface area contributed by atoms with Crippen molar-refractivity contribution >= 4 is 15.9 Å². The summed E-state index contributed by atoms with van der Waals surface area (Å²) in [6.45, 7) is 5.82. The van der Waals surface area contributed by atoms with E-state index in [-0.39, 0.29) is 22.8 Å². The fourth-order valence-electron chi connectivity index (χ4n) is 1.13. The molecule has 6 nitrogen and oxygen atoms in total. The van der Waals surface area contributed by atoms with Crippen LogP contribution in [0.2, 0.25) is 0 Å². The van der Waals surface area contributed by atoms with Crippen LogP contribution in [0.5, 0.6) is 0 Å². The number of furan rings is 1. The van der Waals surface area contributed by atoms with Gasteiger partial charge in [-0.3, -0.25) is 4.79 Å². The molecule has 0 aromatic carbocycles. The van der Waals surface area contributed by atoms with Crippen LogP contribution in [0.25, 0.3) is 0 Å². The SMILES string of the molecule is CNS(=O)(=O)c1ccc(C(=O)NC(C)C(C)C)o1. The van der Waals surface area contributed by atoms with E-state index in [4.69, 9.17) is 4.42 Å². The first-order valence-corrected chi connectivity index (χ1v) is 7.10. The summed E-state index contributed by atoms with van der Waals surface area (Å²) in [4.78, 5) is 11.8. The Morgan fingerprint density at radius 2 is 1.89 bits per heavy atom. The minimum absolute atomic E-state index is 0.0173. The van der Waals surface area contributed by atoms with Crippen molar-refractivity contribution < 1.29 is 17.6 Å². The lowest BCUT2D eigenvalue weighted by atomic mass is 10.1. The van der Waals surface area contributed by atoms with Gasteiger partial charge >= 0.3 is 0 Å². The molecule has 1 unspecified atom stereocenters. The van der Waals surface area contributed by atoms with Crippen LogP contribution in [-0.4, -0.2) is 27.4 Å². The van der Waals surface area contributed by atoms with Gasteiger partial charge in [0.15, 0.2) is 5.76 Å². The Kier molecular flexibility index (Phi) is 4.53. The molecule has 2 N–H and O–H groups in total. The summed E-state index contributed by atoms with van der Waals surface area (Å²) in [7, 11) is -2.38. The lowest BCUT2D eigenvalue weighted by Crippen LogP contribution is -2.35. The molecule has 7 heteroatoms. The van der Waals surface area contributed by atoms with E-state index in [0.29, 0.717) is 0 Å². The number of nitrogens with one attached hydrogen (secondary N) is 2. The third-order valence-corrected chi connectivity index (χ3v) is 3.98. The summed E-state index contributed by atoms with van der Waals surface area (Å²) in [6.07, 6.45) is 0. The Balaban J connectivity index is 2.84. The van der Waals surface area contributed by atoms with Gasteiger partial charge in [0.05, 0.1) is 0 Å². The van der Waals surface area contributed by atoms with E-state index in [0.717, 1.165) is 0 Å². The zero-order chi connectivity index (χ0) is 13.9. The van der Waals surface area contributed by atoms with Gasteiger partial charge < -0.3 is 9.73 Å². The molecule has 1 atom stereocenters. The van der Waals surface area contributed by atoms with Crippen LogP contribution < -0.4 is 10.0 Å². The van der Waals surface area contributed by atoms with Crippen molar-refractivity contribution in [1.29, 1.82) is 0 Å². The molecule has 1 aromatic rings. The average molecular weight is 274 g/mol. The Labute approximate surface area is 107 Å². The van der Waals surface area contributed by atoms with Crippen LogP contribution in [0, 0.1) is 5.92 Å². The van der Waals surface area contributed by atoms with Gasteiger partial charge in [0, 0.05) is 6.04 Å². The minimum Gasteiger partial charge on any atom is -0.438 e. The molecule has 18 heavy (non-hydrogen) atoms. The number of sulfonamides is 1. The molecule has 102 valence electrons. The van der Waals surface area contributed by atoms with Crippen molar-refractivity contribution in [3.05, 3.63) is 17.9 Å². The topological polar surface area (TPSA) is 88.4 Å². The second kappa shape index (κ2) is 5.53. The number of carbonyl (C=O) groups is 1. The van der Waals surface area contributed by atoms with Gasteiger partial charge in [0.1, 0.15) is 0 Å². The van der Waals surface area contributed by atoms with Gasteiger partial charge in [-0.1, -0.05) is 13.8 Å². The highest BCUT2D eigenvalue weighted by molar-refractivity contribution is 7.89. The number of hydrogen-bond acceptors (Lipinski definition) is 4. The maximum Gasteiger partial charge on any atom is 0.287 e. The van der Waals surface area contributed by atoms with Crippen LogP contribution in [0.1, 0.15) is 31.3 Å². The molecule has 0 bridgehead atoms. The molecule has 0 aliphatic carbocycles. The average Bonchev–Trinajstić information content (AvgIpc) is 2.78. The Hall–Kier alpha value is -1.34. The van der Waals surface area contributed by atoms with Crippen molar-refractivity contribution in [3.8, 4) is 0 Å². The highest BCUT2D eigenvalue weighted by atomic mass is 32.2. The van der Waals surface area contributed by atoms with Gasteiger partial charge in [0.2, 0.25) is 5.09 Å². The normalized spacial score (nSPS) is 13.6. The molecule has 0 aliphatic rings. The number of rotatable bonds is 5. The predicted octanol–water partition coefficient (Wildman–Crippen LogP) is 0.962. The van der Waals surface area contributed by atoms with E-state index in [9.17, 15) is 13.2 Å². The molecule has 1 heterocycles. The first-order valence-electron chi connectivity index (χ1n) is 5.62. The van der Waals surface area contributed by atoms with Crippen molar-refractivity contribution in [3.63, 3.8) is 0 Å². The van der Waals surface area contributed by atoms with Gasteiger partial charge in [-0.25, -0.2) is 13.1 Å². The lowest BCUT2D eigenvalue weighted by Gasteiger charge is -2.16. The summed E-state index contributed by atoms with van der Waals surface area (Å²) in [5.41, 5.74) is 0. The quantitative estimate of drug-likeness (QED) is 0.837. The van der Waals surface area contributed by atoms with Gasteiger partial charge in [0.25, 0.3) is 15.9 Å². The van der Waals surface area contributed by atoms with Gasteiger partial charge in [-0.2, -0.15) is 0 Å². The van der Waals surface area contributed by atoms with Gasteiger partial charge in [-0.15, -0.1) is 0 Å². The molecular formula is C11H18N2O4S. The maximum atomic E-state index is 11.8. The minimum atomic E-state index is -3.65. The van der Waals surface area contributed by atoms with Crippen LogP contribution in [0.4, 0.5) is 0 Å². The molecule has 1 aromatic heterocycles. The van der Waals surface area contributed by atoms with Crippen LogP contribution in [-0.2, 0) is 10.0 Å². The molecule has 0 fully saturated rings. The third-order valence-electron chi connectivity index (χ3n) is 2.70. The zero-order valence-corrected chi connectivity index (χ0v) is 11.7. The molecule has 0 radical (unpaired) electrons. The highest BCUT2D eigenvalue weighted by Gasteiger charge is 2.20. The van der Waals surface area contributed by atoms with Crippen LogP contribution in [0.3, 0.4) is 0 Å². The Morgan fingerprint density at radius 3 is 2.39 bits per heavy atom. The highest BCUT2D eigenvalue weighted by Crippen LogP contribution is 2.13.